The summed E-state index contributed by atoms with van der Waals surface area (Å²) < 4.78 is 12.0. The number of carboxylic acids is 1. The van der Waals surface area contributed by atoms with Gasteiger partial charge in [0.25, 0.3) is 0 Å². The first-order chi connectivity index (χ1) is 11.7. The van der Waals surface area contributed by atoms with Crippen molar-refractivity contribution in [2.24, 2.45) is 0 Å². The van der Waals surface area contributed by atoms with Crippen LogP contribution in [0.2, 0.25) is 0 Å². The molecule has 0 heterocycles. The second-order valence-corrected chi connectivity index (χ2v) is 10.2. The van der Waals surface area contributed by atoms with Crippen LogP contribution in [-0.2, 0) is 11.2 Å². The molecule has 2 aromatic rings. The molecule has 0 saturated carbocycles. The van der Waals surface area contributed by atoms with E-state index in [0.717, 1.165) is 25.6 Å². The molecular formula is C15H11I5NNaO4. The van der Waals surface area contributed by atoms with E-state index in [2.05, 4.69) is 93.9 Å². The Kier molecular flexibility index (Phi) is 12.2. The number of phenols is 1. The third-order valence-corrected chi connectivity index (χ3v) is 7.14. The number of aromatic hydroxyl groups is 1. The molecule has 0 spiro atoms. The molecule has 0 saturated heterocycles. The fourth-order valence-electron chi connectivity index (χ4n) is 1.96. The van der Waals surface area contributed by atoms with Crippen molar-refractivity contribution >= 4 is 149 Å². The molecule has 0 amide bonds. The normalized spacial score (nSPS) is 11.6. The number of benzene rings is 2. The molecule has 1 unspecified atom stereocenters. The second kappa shape index (κ2) is 12.1. The number of carboxylic acid groups (broad SMARTS) is 1. The molecule has 0 bridgehead atoms. The van der Waals surface area contributed by atoms with E-state index < -0.39 is 12.0 Å². The van der Waals surface area contributed by atoms with Crippen LogP contribution in [-0.4, -0.2) is 51.8 Å². The number of rotatable bonds is 6. The molecule has 5 nitrogen and oxygen atoms in total. The number of aliphatic carboxylic acids is 1. The molecule has 2 aromatic carbocycles. The summed E-state index contributed by atoms with van der Waals surface area (Å²) in [6, 6.07) is 6.77. The van der Waals surface area contributed by atoms with Crippen LogP contribution < -0.4 is 8.27 Å². The van der Waals surface area contributed by atoms with Gasteiger partial charge in [-0.05, 0) is 127 Å². The minimum absolute atomic E-state index is 0. The van der Waals surface area contributed by atoms with Crippen molar-refractivity contribution in [3.63, 3.8) is 0 Å². The van der Waals surface area contributed by atoms with E-state index in [1.165, 1.54) is 0 Å². The summed E-state index contributed by atoms with van der Waals surface area (Å²) in [4.78, 5) is 11.2. The zero-order chi connectivity index (χ0) is 18.7. The average molecular weight is 927 g/mol. The SMILES string of the molecule is O=C(O)C(Cc1cc(I)c(Oc2cc(I)c(O)c(I)c2)c(I)c1)NI.[NaH]. The number of carbonyl (C=O) groups is 1. The number of hydrogen-bond acceptors (Lipinski definition) is 4. The van der Waals surface area contributed by atoms with Crippen LogP contribution in [0.25, 0.3) is 0 Å². The number of ether oxygens (including phenoxy) is 1. The van der Waals surface area contributed by atoms with Crippen LogP contribution in [0.5, 0.6) is 17.2 Å². The molecule has 136 valence electrons. The van der Waals surface area contributed by atoms with Gasteiger partial charge in [-0.3, -0.25) is 4.79 Å². The second-order valence-electron chi connectivity index (χ2n) is 4.93. The zero-order valence-electron chi connectivity index (χ0n) is 12.2. The van der Waals surface area contributed by atoms with Crippen LogP contribution in [0.3, 0.4) is 0 Å². The molecule has 11 heteroatoms. The predicted molar refractivity (Wildman–Crippen MR) is 145 cm³/mol. The molecule has 0 radical (unpaired) electrons. The maximum absolute atomic E-state index is 11.2. The van der Waals surface area contributed by atoms with E-state index in [9.17, 15) is 15.0 Å². The van der Waals surface area contributed by atoms with Crippen LogP contribution in [0.15, 0.2) is 24.3 Å². The minimum atomic E-state index is -0.881. The summed E-state index contributed by atoms with van der Waals surface area (Å²) in [5.41, 5.74) is 0.924. The molecule has 0 aliphatic rings. The van der Waals surface area contributed by atoms with Crippen molar-refractivity contribution < 1.29 is 19.7 Å². The summed E-state index contributed by atoms with van der Waals surface area (Å²) in [6.45, 7) is 0. The van der Waals surface area contributed by atoms with Gasteiger partial charge in [-0.1, -0.05) is 0 Å². The molecule has 0 aromatic heterocycles. The van der Waals surface area contributed by atoms with Gasteiger partial charge in [0.05, 0.1) is 14.3 Å². The number of hydrogen-bond donors (Lipinski definition) is 3. The molecule has 1 atom stereocenters. The maximum atomic E-state index is 11.2. The van der Waals surface area contributed by atoms with Crippen molar-refractivity contribution in [3.05, 3.63) is 44.1 Å². The van der Waals surface area contributed by atoms with Gasteiger partial charge < -0.3 is 14.9 Å². The Hall–Kier alpha value is 2.12. The predicted octanol–water partition coefficient (Wildman–Crippen LogP) is 4.89. The van der Waals surface area contributed by atoms with Crippen molar-refractivity contribution in [2.45, 2.75) is 12.5 Å². The quantitative estimate of drug-likeness (QED) is 0.219. The van der Waals surface area contributed by atoms with Gasteiger partial charge in [-0.2, -0.15) is 0 Å². The van der Waals surface area contributed by atoms with Gasteiger partial charge in [0.2, 0.25) is 0 Å². The van der Waals surface area contributed by atoms with E-state index in [0.29, 0.717) is 12.2 Å². The Morgan fingerprint density at radius 1 is 1.04 bits per heavy atom. The Bertz CT molecular complexity index is 775. The van der Waals surface area contributed by atoms with Gasteiger partial charge in [0, 0.05) is 22.9 Å². The molecule has 0 aliphatic carbocycles. The van der Waals surface area contributed by atoms with Crippen molar-refractivity contribution in [2.75, 3.05) is 0 Å². The van der Waals surface area contributed by atoms with Crippen molar-refractivity contribution in [3.8, 4) is 17.2 Å². The average Bonchev–Trinajstić information content (AvgIpc) is 2.53. The monoisotopic (exact) mass is 927 g/mol. The van der Waals surface area contributed by atoms with E-state index in [4.69, 9.17) is 4.74 Å². The van der Waals surface area contributed by atoms with Crippen molar-refractivity contribution in [1.29, 1.82) is 0 Å². The van der Waals surface area contributed by atoms with E-state index >= 15 is 0 Å². The molecule has 3 N–H and O–H groups in total. The summed E-state index contributed by atoms with van der Waals surface area (Å²) in [6.07, 6.45) is 0.388. The Balaban J connectivity index is 0.00000338. The van der Waals surface area contributed by atoms with E-state index in [1.807, 2.05) is 35.0 Å². The summed E-state index contributed by atoms with van der Waals surface area (Å²) in [7, 11) is 0. The molecular weight excluding hydrogens is 916 g/mol. The first-order valence-electron chi connectivity index (χ1n) is 6.65. The topological polar surface area (TPSA) is 78.8 Å². The fraction of sp³-hybridized carbons (Fsp3) is 0.133. The van der Waals surface area contributed by atoms with E-state index in [1.54, 1.807) is 12.1 Å². The molecule has 0 aliphatic heterocycles. The molecule has 0 fully saturated rings. The third kappa shape index (κ3) is 7.12. The number of nitrogens with one attached hydrogen (secondary N) is 1. The van der Waals surface area contributed by atoms with E-state index in [-0.39, 0.29) is 35.3 Å². The first kappa shape index (κ1) is 26.2. The Labute approximate surface area is 241 Å². The van der Waals surface area contributed by atoms with Crippen LogP contribution >= 0.6 is 113 Å². The summed E-state index contributed by atoms with van der Waals surface area (Å²) in [5, 5.41) is 19.0. The standard InChI is InChI=1S/C15H10I5NO4.Na.H/c16-8-4-7(5-9(17)13(8)22)25-14-10(18)1-6(2-11(14)19)3-12(21-20)15(23)24;;/h1-2,4-5,12,21-22H,3H2,(H,23,24);;. The van der Waals surface area contributed by atoms with Gasteiger partial charge in [0.1, 0.15) is 17.5 Å². The van der Waals surface area contributed by atoms with Crippen LogP contribution in [0, 0.1) is 14.3 Å². The Morgan fingerprint density at radius 3 is 1.96 bits per heavy atom. The van der Waals surface area contributed by atoms with Crippen LogP contribution in [0.4, 0.5) is 0 Å². The van der Waals surface area contributed by atoms with Gasteiger partial charge in [-0.25, -0.2) is 3.53 Å². The van der Waals surface area contributed by atoms with Crippen LogP contribution in [0.1, 0.15) is 5.56 Å². The first-order valence-corrected chi connectivity index (χ1v) is 12.0. The summed E-state index contributed by atoms with van der Waals surface area (Å²) in [5.74, 6) is 0.733. The van der Waals surface area contributed by atoms with Gasteiger partial charge in [0.15, 0.2) is 5.75 Å². The van der Waals surface area contributed by atoms with Gasteiger partial charge in [-0.15, -0.1) is 0 Å². The Morgan fingerprint density at radius 2 is 1.54 bits per heavy atom. The molecule has 26 heavy (non-hydrogen) atoms. The zero-order valence-corrected chi connectivity index (χ0v) is 23.0. The number of phenolic OH excluding ortho intramolecular Hbond substituents is 1. The van der Waals surface area contributed by atoms with Crippen molar-refractivity contribution in [1.82, 2.24) is 3.53 Å². The number of halogens is 5. The fourth-order valence-corrected chi connectivity index (χ4v) is 6.27. The van der Waals surface area contributed by atoms with Gasteiger partial charge >= 0.3 is 35.5 Å². The third-order valence-electron chi connectivity index (χ3n) is 3.14. The molecule has 2 rings (SSSR count). The summed E-state index contributed by atoms with van der Waals surface area (Å²) >= 11 is 10.4.